The molecule has 0 bridgehead atoms. The van der Waals surface area contributed by atoms with Crippen LogP contribution in [-0.2, 0) is 6.54 Å². The van der Waals surface area contributed by atoms with E-state index >= 15 is 0 Å². The van der Waals surface area contributed by atoms with Crippen LogP contribution in [0.2, 0.25) is 0 Å². The molecule has 0 aromatic carbocycles. The predicted octanol–water partition coefficient (Wildman–Crippen LogP) is 1.83. The molecule has 4 heteroatoms. The zero-order valence-corrected chi connectivity index (χ0v) is 9.93. The number of aromatic nitrogens is 3. The molecule has 0 aliphatic heterocycles. The Balaban J connectivity index is 1.77. The highest BCUT2D eigenvalue weighted by atomic mass is 15.1. The summed E-state index contributed by atoms with van der Waals surface area (Å²) in [7, 11) is 0. The Labute approximate surface area is 101 Å². The van der Waals surface area contributed by atoms with Gasteiger partial charge in [-0.2, -0.15) is 0 Å². The largest absolute Gasteiger partial charge is 0.308 e. The van der Waals surface area contributed by atoms with Crippen LogP contribution in [0.1, 0.15) is 24.1 Å². The van der Waals surface area contributed by atoms with Gasteiger partial charge in [0.15, 0.2) is 0 Å². The fourth-order valence-corrected chi connectivity index (χ4v) is 1.88. The molecule has 2 aromatic heterocycles. The summed E-state index contributed by atoms with van der Waals surface area (Å²) >= 11 is 0. The Hall–Kier alpha value is -1.68. The lowest BCUT2D eigenvalue weighted by Gasteiger charge is -2.04. The van der Waals surface area contributed by atoms with Crippen molar-refractivity contribution in [2.75, 3.05) is 0 Å². The molecule has 0 radical (unpaired) electrons. The van der Waals surface area contributed by atoms with Crippen molar-refractivity contribution in [2.24, 2.45) is 0 Å². The molecule has 0 atom stereocenters. The van der Waals surface area contributed by atoms with Crippen LogP contribution in [0.25, 0.3) is 5.69 Å². The van der Waals surface area contributed by atoms with Crippen LogP contribution in [0.4, 0.5) is 0 Å². The number of aryl methyl sites for hydroxylation is 1. The standard InChI is InChI=1S/C13H16N4/c1-10-6-14-5-4-13(10)17-8-12(16-9-17)7-15-11-2-3-11/h4-6,8-9,11,15H,2-3,7H2,1H3. The molecule has 0 spiro atoms. The van der Waals surface area contributed by atoms with Crippen LogP contribution in [0.15, 0.2) is 31.0 Å². The second-order valence-corrected chi connectivity index (χ2v) is 4.59. The zero-order valence-electron chi connectivity index (χ0n) is 9.93. The van der Waals surface area contributed by atoms with Crippen LogP contribution in [0.5, 0.6) is 0 Å². The first kappa shape index (κ1) is 10.5. The summed E-state index contributed by atoms with van der Waals surface area (Å²) in [5.41, 5.74) is 3.39. The fraction of sp³-hybridized carbons (Fsp3) is 0.385. The normalized spacial score (nSPS) is 15.1. The topological polar surface area (TPSA) is 42.7 Å². The van der Waals surface area contributed by atoms with Gasteiger partial charge in [-0.25, -0.2) is 4.98 Å². The molecule has 1 saturated carbocycles. The summed E-state index contributed by atoms with van der Waals surface area (Å²) in [6.07, 6.45) is 10.3. The van der Waals surface area contributed by atoms with E-state index in [9.17, 15) is 0 Å². The highest BCUT2D eigenvalue weighted by molar-refractivity contribution is 5.37. The van der Waals surface area contributed by atoms with Gasteiger partial charge in [0.1, 0.15) is 0 Å². The number of nitrogens with one attached hydrogen (secondary N) is 1. The van der Waals surface area contributed by atoms with E-state index in [1.54, 1.807) is 0 Å². The van der Waals surface area contributed by atoms with Crippen LogP contribution in [0.3, 0.4) is 0 Å². The number of pyridine rings is 1. The van der Waals surface area contributed by atoms with Gasteiger partial charge in [0, 0.05) is 31.2 Å². The second kappa shape index (κ2) is 4.30. The summed E-state index contributed by atoms with van der Waals surface area (Å²) in [4.78, 5) is 8.51. The molecule has 1 aliphatic carbocycles. The van der Waals surface area contributed by atoms with Crippen LogP contribution < -0.4 is 5.32 Å². The van der Waals surface area contributed by atoms with Gasteiger partial charge in [-0.05, 0) is 31.4 Å². The number of rotatable bonds is 4. The van der Waals surface area contributed by atoms with E-state index < -0.39 is 0 Å². The molecule has 2 aromatic rings. The minimum atomic E-state index is 0.725. The zero-order chi connectivity index (χ0) is 11.7. The van der Waals surface area contributed by atoms with Crippen LogP contribution in [0, 0.1) is 6.92 Å². The summed E-state index contributed by atoms with van der Waals surface area (Å²) in [5, 5.41) is 3.46. The van der Waals surface area contributed by atoms with Crippen molar-refractivity contribution in [1.82, 2.24) is 19.9 Å². The number of nitrogens with zero attached hydrogens (tertiary/aromatic N) is 3. The molecule has 0 saturated heterocycles. The third-order valence-electron chi connectivity index (χ3n) is 3.05. The van der Waals surface area contributed by atoms with Gasteiger partial charge in [-0.1, -0.05) is 0 Å². The fourth-order valence-electron chi connectivity index (χ4n) is 1.88. The van der Waals surface area contributed by atoms with Crippen molar-refractivity contribution in [2.45, 2.75) is 32.4 Å². The number of imidazole rings is 1. The van der Waals surface area contributed by atoms with E-state index in [-0.39, 0.29) is 0 Å². The minimum Gasteiger partial charge on any atom is -0.308 e. The lowest BCUT2D eigenvalue weighted by molar-refractivity contribution is 0.677. The van der Waals surface area contributed by atoms with Gasteiger partial charge in [0.05, 0.1) is 17.7 Å². The van der Waals surface area contributed by atoms with E-state index in [0.717, 1.165) is 29.5 Å². The maximum Gasteiger partial charge on any atom is 0.0995 e. The highest BCUT2D eigenvalue weighted by Gasteiger charge is 2.20. The molecule has 4 nitrogen and oxygen atoms in total. The molecular weight excluding hydrogens is 212 g/mol. The van der Waals surface area contributed by atoms with E-state index in [1.807, 2.05) is 24.8 Å². The Morgan fingerprint density at radius 3 is 3.12 bits per heavy atom. The van der Waals surface area contributed by atoms with Crippen molar-refractivity contribution in [3.05, 3.63) is 42.2 Å². The van der Waals surface area contributed by atoms with Gasteiger partial charge in [0.25, 0.3) is 0 Å². The summed E-state index contributed by atoms with van der Waals surface area (Å²) in [6, 6.07) is 2.73. The lowest BCUT2D eigenvalue weighted by Crippen LogP contribution is -2.15. The van der Waals surface area contributed by atoms with Crippen molar-refractivity contribution < 1.29 is 0 Å². The maximum absolute atomic E-state index is 4.41. The smallest absolute Gasteiger partial charge is 0.0995 e. The van der Waals surface area contributed by atoms with E-state index in [4.69, 9.17) is 0 Å². The average molecular weight is 228 g/mol. The van der Waals surface area contributed by atoms with E-state index in [1.165, 1.54) is 12.8 Å². The van der Waals surface area contributed by atoms with Crippen molar-refractivity contribution >= 4 is 0 Å². The monoisotopic (exact) mass is 228 g/mol. The molecule has 1 aliphatic rings. The Morgan fingerprint density at radius 1 is 1.47 bits per heavy atom. The third-order valence-corrected chi connectivity index (χ3v) is 3.05. The van der Waals surface area contributed by atoms with Crippen LogP contribution in [-0.4, -0.2) is 20.6 Å². The van der Waals surface area contributed by atoms with Crippen molar-refractivity contribution in [3.8, 4) is 5.69 Å². The maximum atomic E-state index is 4.41. The molecule has 1 N–H and O–H groups in total. The average Bonchev–Trinajstić information content (AvgIpc) is 3.06. The molecule has 0 unspecified atom stereocenters. The van der Waals surface area contributed by atoms with Gasteiger partial charge < -0.3 is 9.88 Å². The third kappa shape index (κ3) is 2.36. The first-order valence-electron chi connectivity index (χ1n) is 6.00. The molecule has 17 heavy (non-hydrogen) atoms. The SMILES string of the molecule is Cc1cnccc1-n1cnc(CNC2CC2)c1. The van der Waals surface area contributed by atoms with Crippen LogP contribution >= 0.6 is 0 Å². The summed E-state index contributed by atoms with van der Waals surface area (Å²) in [6.45, 7) is 2.92. The second-order valence-electron chi connectivity index (χ2n) is 4.59. The number of hydrogen-bond acceptors (Lipinski definition) is 3. The first-order chi connectivity index (χ1) is 8.33. The quantitative estimate of drug-likeness (QED) is 0.868. The molecule has 0 amide bonds. The van der Waals surface area contributed by atoms with Gasteiger partial charge >= 0.3 is 0 Å². The Bertz CT molecular complexity index is 514. The molecule has 2 heterocycles. The van der Waals surface area contributed by atoms with E-state index in [0.29, 0.717) is 0 Å². The molecular formula is C13H16N4. The Kier molecular flexibility index (Phi) is 2.65. The highest BCUT2D eigenvalue weighted by Crippen LogP contribution is 2.19. The minimum absolute atomic E-state index is 0.725. The predicted molar refractivity (Wildman–Crippen MR) is 66.0 cm³/mol. The molecule has 88 valence electrons. The van der Waals surface area contributed by atoms with Gasteiger partial charge in [-0.15, -0.1) is 0 Å². The first-order valence-corrected chi connectivity index (χ1v) is 6.00. The van der Waals surface area contributed by atoms with E-state index in [2.05, 4.69) is 33.0 Å². The summed E-state index contributed by atoms with van der Waals surface area (Å²) in [5.74, 6) is 0. The van der Waals surface area contributed by atoms with Gasteiger partial charge in [-0.3, -0.25) is 4.98 Å². The lowest BCUT2D eigenvalue weighted by atomic mass is 10.2. The molecule has 1 fully saturated rings. The molecule has 3 rings (SSSR count). The Morgan fingerprint density at radius 2 is 2.35 bits per heavy atom. The van der Waals surface area contributed by atoms with Crippen molar-refractivity contribution in [3.63, 3.8) is 0 Å². The van der Waals surface area contributed by atoms with Crippen molar-refractivity contribution in [1.29, 1.82) is 0 Å². The van der Waals surface area contributed by atoms with Gasteiger partial charge in [0.2, 0.25) is 0 Å². The summed E-state index contributed by atoms with van der Waals surface area (Å²) < 4.78 is 2.06. The number of hydrogen-bond donors (Lipinski definition) is 1.